The van der Waals surface area contributed by atoms with Crippen LogP contribution in [0.1, 0.15) is 6.42 Å². The Kier molecular flexibility index (Phi) is 6.96. The lowest BCUT2D eigenvalue weighted by atomic mass is 10.4. The van der Waals surface area contributed by atoms with Crippen molar-refractivity contribution in [3.05, 3.63) is 17.7 Å². The van der Waals surface area contributed by atoms with Crippen molar-refractivity contribution in [3.63, 3.8) is 0 Å². The summed E-state index contributed by atoms with van der Waals surface area (Å²) in [4.78, 5) is 18.4. The molecule has 1 aromatic rings. The second kappa shape index (κ2) is 8.23. The van der Waals surface area contributed by atoms with Crippen LogP contribution < -0.4 is 0 Å². The van der Waals surface area contributed by atoms with Gasteiger partial charge in [0.2, 0.25) is 15.3 Å². The fourth-order valence-corrected chi connectivity index (χ4v) is 2.86. The lowest BCUT2D eigenvalue weighted by Crippen LogP contribution is -2.36. The normalized spacial score (nSPS) is 11.6. The van der Waals surface area contributed by atoms with Gasteiger partial charge in [0.1, 0.15) is 4.90 Å². The Labute approximate surface area is 128 Å². The van der Waals surface area contributed by atoms with E-state index in [0.29, 0.717) is 0 Å². The van der Waals surface area contributed by atoms with E-state index in [1.165, 1.54) is 14.2 Å². The predicted octanol–water partition coefficient (Wildman–Crippen LogP) is 0.330. The maximum Gasteiger partial charge on any atom is 0.306 e. The third-order valence-corrected chi connectivity index (χ3v) is 4.62. The highest BCUT2D eigenvalue weighted by molar-refractivity contribution is 7.89. The lowest BCUT2D eigenvalue weighted by molar-refractivity contribution is -0.140. The third kappa shape index (κ3) is 5.20. The van der Waals surface area contributed by atoms with Crippen molar-refractivity contribution in [2.75, 3.05) is 33.9 Å². The summed E-state index contributed by atoms with van der Waals surface area (Å²) in [5.41, 5.74) is 0. The number of sulfonamides is 1. The molecule has 0 aromatic carbocycles. The van der Waals surface area contributed by atoms with Crippen LogP contribution in [0.2, 0.25) is 5.28 Å². The molecule has 0 saturated carbocycles. The average molecular weight is 338 g/mol. The molecule has 118 valence electrons. The number of halogens is 1. The molecular formula is C11H16ClN3O5S. The summed E-state index contributed by atoms with van der Waals surface area (Å²) in [6.07, 6.45) is 2.17. The molecule has 0 saturated heterocycles. The molecule has 0 radical (unpaired) electrons. The van der Waals surface area contributed by atoms with Crippen LogP contribution in [0.3, 0.4) is 0 Å². The first kappa shape index (κ1) is 17.8. The van der Waals surface area contributed by atoms with Gasteiger partial charge in [-0.05, 0) is 11.6 Å². The van der Waals surface area contributed by atoms with Gasteiger partial charge in [0, 0.05) is 20.2 Å². The Hall–Kier alpha value is -1.29. The summed E-state index contributed by atoms with van der Waals surface area (Å²) in [6, 6.07) is 0. The van der Waals surface area contributed by atoms with Gasteiger partial charge in [0.25, 0.3) is 0 Å². The Bertz CT molecular complexity index is 564. The maximum absolute atomic E-state index is 12.4. The van der Waals surface area contributed by atoms with Crippen LogP contribution in [-0.4, -0.2) is 62.6 Å². The van der Waals surface area contributed by atoms with Crippen molar-refractivity contribution in [3.8, 4) is 0 Å². The largest absolute Gasteiger partial charge is 0.469 e. The highest BCUT2D eigenvalue weighted by Crippen LogP contribution is 2.15. The summed E-state index contributed by atoms with van der Waals surface area (Å²) in [7, 11) is -1.14. The fourth-order valence-electron chi connectivity index (χ4n) is 1.45. The van der Waals surface area contributed by atoms with Gasteiger partial charge < -0.3 is 9.47 Å². The van der Waals surface area contributed by atoms with Crippen LogP contribution in [-0.2, 0) is 24.3 Å². The van der Waals surface area contributed by atoms with Crippen LogP contribution in [0.5, 0.6) is 0 Å². The number of esters is 1. The topological polar surface area (TPSA) is 98.7 Å². The minimum atomic E-state index is -3.83. The number of carbonyl (C=O) groups excluding carboxylic acids is 1. The molecule has 0 bridgehead atoms. The zero-order valence-electron chi connectivity index (χ0n) is 11.7. The monoisotopic (exact) mass is 337 g/mol. The Morgan fingerprint density at radius 3 is 2.43 bits per heavy atom. The van der Waals surface area contributed by atoms with Gasteiger partial charge in [0.15, 0.2) is 0 Å². The SMILES string of the molecule is COCCN(CCC(=O)OC)S(=O)(=O)c1cnc(Cl)nc1. The molecule has 0 unspecified atom stereocenters. The number of carbonyl (C=O) groups is 1. The summed E-state index contributed by atoms with van der Waals surface area (Å²) >= 11 is 5.53. The average Bonchev–Trinajstić information content (AvgIpc) is 2.47. The molecule has 0 N–H and O–H groups in total. The molecule has 0 atom stereocenters. The van der Waals surface area contributed by atoms with Crippen LogP contribution in [0.25, 0.3) is 0 Å². The van der Waals surface area contributed by atoms with E-state index < -0.39 is 16.0 Å². The van der Waals surface area contributed by atoms with Crippen LogP contribution in [0, 0.1) is 0 Å². The number of nitrogens with zero attached hydrogens (tertiary/aromatic N) is 3. The molecule has 21 heavy (non-hydrogen) atoms. The first-order chi connectivity index (χ1) is 9.91. The number of rotatable bonds is 8. The van der Waals surface area contributed by atoms with Crippen LogP contribution in [0.4, 0.5) is 0 Å². The molecular weight excluding hydrogens is 322 g/mol. The molecule has 0 fully saturated rings. The van der Waals surface area contributed by atoms with E-state index in [1.807, 2.05) is 0 Å². The summed E-state index contributed by atoms with van der Waals surface area (Å²) < 4.78 is 35.4. The molecule has 8 nitrogen and oxygen atoms in total. The highest BCUT2D eigenvalue weighted by Gasteiger charge is 2.25. The molecule has 0 aliphatic carbocycles. The highest BCUT2D eigenvalue weighted by atomic mass is 35.5. The molecule has 0 aliphatic heterocycles. The van der Waals surface area contributed by atoms with Gasteiger partial charge in [-0.1, -0.05) is 0 Å². The lowest BCUT2D eigenvalue weighted by Gasteiger charge is -2.21. The molecule has 1 rings (SSSR count). The fraction of sp³-hybridized carbons (Fsp3) is 0.545. The Morgan fingerprint density at radius 1 is 1.29 bits per heavy atom. The number of ether oxygens (including phenoxy) is 2. The molecule has 1 heterocycles. The Morgan fingerprint density at radius 2 is 1.90 bits per heavy atom. The van der Waals surface area contributed by atoms with Crippen molar-refractivity contribution in [1.29, 1.82) is 0 Å². The summed E-state index contributed by atoms with van der Waals surface area (Å²) in [6.45, 7) is 0.258. The van der Waals surface area contributed by atoms with E-state index in [9.17, 15) is 13.2 Å². The number of aromatic nitrogens is 2. The van der Waals surface area contributed by atoms with Gasteiger partial charge in [0.05, 0.1) is 32.5 Å². The summed E-state index contributed by atoms with van der Waals surface area (Å²) in [5, 5.41) is -0.0491. The molecule has 1 aromatic heterocycles. The molecule has 10 heteroatoms. The zero-order chi connectivity index (χ0) is 15.9. The van der Waals surface area contributed by atoms with E-state index in [0.717, 1.165) is 16.7 Å². The second-order valence-electron chi connectivity index (χ2n) is 3.91. The zero-order valence-corrected chi connectivity index (χ0v) is 13.2. The first-order valence-electron chi connectivity index (χ1n) is 5.95. The minimum absolute atomic E-state index is 0.0268. The smallest absolute Gasteiger partial charge is 0.306 e. The van der Waals surface area contributed by atoms with Gasteiger partial charge in [-0.25, -0.2) is 18.4 Å². The predicted molar refractivity (Wildman–Crippen MR) is 74.3 cm³/mol. The number of hydrogen-bond donors (Lipinski definition) is 0. The summed E-state index contributed by atoms with van der Waals surface area (Å²) in [5.74, 6) is -0.500. The number of methoxy groups -OCH3 is 2. The van der Waals surface area contributed by atoms with E-state index in [2.05, 4.69) is 14.7 Å². The molecule has 0 amide bonds. The van der Waals surface area contributed by atoms with Crippen LogP contribution in [0.15, 0.2) is 17.3 Å². The van der Waals surface area contributed by atoms with Crippen molar-refractivity contribution >= 4 is 27.6 Å². The van der Waals surface area contributed by atoms with Crippen molar-refractivity contribution < 1.29 is 22.7 Å². The van der Waals surface area contributed by atoms with Crippen LogP contribution >= 0.6 is 11.6 Å². The van der Waals surface area contributed by atoms with Gasteiger partial charge in [-0.3, -0.25) is 4.79 Å². The van der Waals surface area contributed by atoms with E-state index >= 15 is 0 Å². The third-order valence-electron chi connectivity index (χ3n) is 2.57. The van der Waals surface area contributed by atoms with Crippen molar-refractivity contribution in [2.24, 2.45) is 0 Å². The van der Waals surface area contributed by atoms with Gasteiger partial charge in [-0.15, -0.1) is 0 Å². The van der Waals surface area contributed by atoms with E-state index in [-0.39, 0.29) is 36.3 Å². The quantitative estimate of drug-likeness (QED) is 0.498. The minimum Gasteiger partial charge on any atom is -0.469 e. The van der Waals surface area contributed by atoms with Crippen molar-refractivity contribution in [2.45, 2.75) is 11.3 Å². The molecule has 0 spiro atoms. The maximum atomic E-state index is 12.4. The van der Waals surface area contributed by atoms with E-state index in [1.54, 1.807) is 0 Å². The number of hydrogen-bond acceptors (Lipinski definition) is 7. The van der Waals surface area contributed by atoms with Gasteiger partial charge in [-0.2, -0.15) is 4.31 Å². The Balaban J connectivity index is 2.93. The van der Waals surface area contributed by atoms with E-state index in [4.69, 9.17) is 16.3 Å². The molecule has 0 aliphatic rings. The van der Waals surface area contributed by atoms with Gasteiger partial charge >= 0.3 is 5.97 Å². The second-order valence-corrected chi connectivity index (χ2v) is 6.19. The van der Waals surface area contributed by atoms with Crippen molar-refractivity contribution in [1.82, 2.24) is 14.3 Å². The standard InChI is InChI=1S/C11H16ClN3O5S/c1-19-6-5-15(4-3-10(16)20-2)21(17,18)9-7-13-11(12)14-8-9/h7-8H,3-6H2,1-2H3. The first-order valence-corrected chi connectivity index (χ1v) is 7.77.